The minimum absolute atomic E-state index is 0. The van der Waals surface area contributed by atoms with Crippen molar-refractivity contribution in [2.45, 2.75) is 0 Å². The Balaban J connectivity index is 0.00000176. The van der Waals surface area contributed by atoms with Crippen molar-refractivity contribution < 1.29 is 14.2 Å². The Morgan fingerprint density at radius 1 is 0.955 bits per heavy atom. The van der Waals surface area contributed by atoms with Crippen LogP contribution in [0.4, 0.5) is 0 Å². The molecule has 22 heavy (non-hydrogen) atoms. The van der Waals surface area contributed by atoms with Crippen LogP contribution in [-0.2, 0) is 0 Å². The van der Waals surface area contributed by atoms with E-state index in [4.69, 9.17) is 14.2 Å². The first kappa shape index (κ1) is 15.9. The van der Waals surface area contributed by atoms with Gasteiger partial charge in [-0.3, -0.25) is 4.98 Å². The van der Waals surface area contributed by atoms with Crippen LogP contribution in [0.15, 0.2) is 30.6 Å². The molecule has 0 aliphatic carbocycles. The van der Waals surface area contributed by atoms with Crippen molar-refractivity contribution in [3.63, 3.8) is 0 Å². The lowest BCUT2D eigenvalue weighted by molar-refractivity contribution is 0.325. The molecule has 0 atom stereocenters. The molecule has 2 heterocycles. The summed E-state index contributed by atoms with van der Waals surface area (Å²) >= 11 is 0. The summed E-state index contributed by atoms with van der Waals surface area (Å²) < 4.78 is 16.2. The molecule has 0 radical (unpaired) electrons. The molecular weight excluding hydrogens is 306 g/mol. The standard InChI is InChI=1S/C15H15N3O3.ClH/c1-19-12-5-4-9(13(20-2)14(12)21-3)15-17-10-6-7-16-8-11(10)18-15;/h4-8H,1-3H3,(H,17,18);1H. The second-order valence-corrected chi connectivity index (χ2v) is 4.36. The average molecular weight is 322 g/mol. The van der Waals surface area contributed by atoms with Crippen LogP contribution in [0.2, 0.25) is 0 Å². The first-order valence-electron chi connectivity index (χ1n) is 6.37. The first-order valence-corrected chi connectivity index (χ1v) is 6.37. The van der Waals surface area contributed by atoms with Gasteiger partial charge in [0.05, 0.1) is 38.6 Å². The van der Waals surface area contributed by atoms with E-state index in [1.807, 2.05) is 18.2 Å². The highest BCUT2D eigenvalue weighted by Gasteiger charge is 2.19. The molecule has 7 heteroatoms. The van der Waals surface area contributed by atoms with E-state index in [-0.39, 0.29) is 12.4 Å². The van der Waals surface area contributed by atoms with Gasteiger partial charge < -0.3 is 19.2 Å². The van der Waals surface area contributed by atoms with E-state index >= 15 is 0 Å². The average Bonchev–Trinajstić information content (AvgIpc) is 2.96. The lowest BCUT2D eigenvalue weighted by atomic mass is 10.1. The number of aromatic nitrogens is 3. The van der Waals surface area contributed by atoms with Gasteiger partial charge in [-0.25, -0.2) is 4.98 Å². The van der Waals surface area contributed by atoms with E-state index in [9.17, 15) is 0 Å². The quantitative estimate of drug-likeness (QED) is 0.799. The number of rotatable bonds is 4. The Labute approximate surface area is 133 Å². The largest absolute Gasteiger partial charge is 0.493 e. The second-order valence-electron chi connectivity index (χ2n) is 4.36. The number of H-pyrrole nitrogens is 1. The van der Waals surface area contributed by atoms with Gasteiger partial charge in [0.25, 0.3) is 0 Å². The Morgan fingerprint density at radius 2 is 1.73 bits per heavy atom. The molecule has 0 bridgehead atoms. The van der Waals surface area contributed by atoms with Gasteiger partial charge in [0.2, 0.25) is 5.75 Å². The van der Waals surface area contributed by atoms with E-state index in [0.717, 1.165) is 16.6 Å². The van der Waals surface area contributed by atoms with Crippen molar-refractivity contribution >= 4 is 23.4 Å². The Bertz CT molecular complexity index is 756. The fourth-order valence-corrected chi connectivity index (χ4v) is 2.27. The van der Waals surface area contributed by atoms with Gasteiger partial charge >= 0.3 is 0 Å². The predicted molar refractivity (Wildman–Crippen MR) is 86.2 cm³/mol. The molecule has 0 aliphatic heterocycles. The minimum atomic E-state index is 0. The van der Waals surface area contributed by atoms with Crippen molar-refractivity contribution in [3.05, 3.63) is 30.6 Å². The molecule has 0 unspecified atom stereocenters. The van der Waals surface area contributed by atoms with Crippen LogP contribution in [0.3, 0.4) is 0 Å². The highest BCUT2D eigenvalue weighted by Crippen LogP contribution is 2.43. The van der Waals surface area contributed by atoms with Crippen LogP contribution in [0, 0.1) is 0 Å². The van der Waals surface area contributed by atoms with Crippen molar-refractivity contribution in [1.82, 2.24) is 15.0 Å². The van der Waals surface area contributed by atoms with E-state index in [1.165, 1.54) is 0 Å². The third kappa shape index (κ3) is 2.53. The van der Waals surface area contributed by atoms with Crippen molar-refractivity contribution in [1.29, 1.82) is 0 Å². The second kappa shape index (κ2) is 6.53. The number of hydrogen-bond donors (Lipinski definition) is 1. The summed E-state index contributed by atoms with van der Waals surface area (Å²) in [4.78, 5) is 11.8. The third-order valence-corrected chi connectivity index (χ3v) is 3.24. The van der Waals surface area contributed by atoms with E-state index in [0.29, 0.717) is 23.1 Å². The number of aromatic amines is 1. The number of fused-ring (bicyclic) bond motifs is 1. The van der Waals surface area contributed by atoms with Crippen LogP contribution < -0.4 is 14.2 Å². The Kier molecular flexibility index (Phi) is 4.72. The summed E-state index contributed by atoms with van der Waals surface area (Å²) in [6.45, 7) is 0. The van der Waals surface area contributed by atoms with Gasteiger partial charge in [0.1, 0.15) is 11.3 Å². The van der Waals surface area contributed by atoms with Crippen LogP contribution >= 0.6 is 12.4 Å². The summed E-state index contributed by atoms with van der Waals surface area (Å²) in [6.07, 6.45) is 3.43. The molecule has 0 amide bonds. The maximum atomic E-state index is 5.48. The first-order chi connectivity index (χ1) is 10.3. The van der Waals surface area contributed by atoms with Crippen molar-refractivity contribution in [2.24, 2.45) is 0 Å². The smallest absolute Gasteiger partial charge is 0.204 e. The summed E-state index contributed by atoms with van der Waals surface area (Å²) in [5, 5.41) is 0. The Hall–Kier alpha value is -2.47. The van der Waals surface area contributed by atoms with Crippen LogP contribution in [0.1, 0.15) is 0 Å². The lowest BCUT2D eigenvalue weighted by Crippen LogP contribution is -1.97. The summed E-state index contributed by atoms with van der Waals surface area (Å²) in [6, 6.07) is 5.58. The summed E-state index contributed by atoms with van der Waals surface area (Å²) in [5.74, 6) is 2.41. The van der Waals surface area contributed by atoms with E-state index < -0.39 is 0 Å². The molecule has 0 saturated heterocycles. The maximum absolute atomic E-state index is 5.48. The number of ether oxygens (including phenoxy) is 3. The summed E-state index contributed by atoms with van der Waals surface area (Å²) in [7, 11) is 4.75. The zero-order valence-electron chi connectivity index (χ0n) is 12.4. The highest BCUT2D eigenvalue weighted by molar-refractivity contribution is 5.85. The number of halogens is 1. The summed E-state index contributed by atoms with van der Waals surface area (Å²) in [5.41, 5.74) is 2.51. The Morgan fingerprint density at radius 3 is 2.36 bits per heavy atom. The zero-order valence-corrected chi connectivity index (χ0v) is 13.2. The zero-order chi connectivity index (χ0) is 14.8. The highest BCUT2D eigenvalue weighted by atomic mass is 35.5. The fraction of sp³-hybridized carbons (Fsp3) is 0.200. The fourth-order valence-electron chi connectivity index (χ4n) is 2.27. The normalized spacial score (nSPS) is 10.1. The maximum Gasteiger partial charge on any atom is 0.204 e. The number of nitrogens with zero attached hydrogens (tertiary/aromatic N) is 2. The topological polar surface area (TPSA) is 69.3 Å². The SMILES string of the molecule is COc1ccc(-c2nc3cnccc3[nH]2)c(OC)c1OC.Cl. The molecule has 6 nitrogen and oxygen atoms in total. The monoisotopic (exact) mass is 321 g/mol. The molecule has 1 N–H and O–H groups in total. The van der Waals surface area contributed by atoms with Gasteiger partial charge in [-0.05, 0) is 18.2 Å². The molecule has 3 rings (SSSR count). The number of benzene rings is 1. The molecule has 2 aromatic heterocycles. The molecule has 3 aromatic rings. The van der Waals surface area contributed by atoms with E-state index in [1.54, 1.807) is 33.7 Å². The number of pyridine rings is 1. The van der Waals surface area contributed by atoms with E-state index in [2.05, 4.69) is 15.0 Å². The number of methoxy groups -OCH3 is 3. The number of hydrogen-bond acceptors (Lipinski definition) is 5. The number of nitrogens with one attached hydrogen (secondary N) is 1. The van der Waals surface area contributed by atoms with Gasteiger partial charge in [0, 0.05) is 6.20 Å². The number of imidazole rings is 1. The predicted octanol–water partition coefficient (Wildman–Crippen LogP) is 3.07. The van der Waals surface area contributed by atoms with Crippen LogP contribution in [0.25, 0.3) is 22.4 Å². The van der Waals surface area contributed by atoms with Crippen LogP contribution in [-0.4, -0.2) is 36.3 Å². The van der Waals surface area contributed by atoms with Crippen molar-refractivity contribution in [3.8, 4) is 28.6 Å². The minimum Gasteiger partial charge on any atom is -0.493 e. The molecular formula is C15H16ClN3O3. The van der Waals surface area contributed by atoms with Crippen LogP contribution in [0.5, 0.6) is 17.2 Å². The molecule has 116 valence electrons. The molecule has 1 aromatic carbocycles. The van der Waals surface area contributed by atoms with Gasteiger partial charge in [0.15, 0.2) is 11.5 Å². The van der Waals surface area contributed by atoms with Gasteiger partial charge in [-0.2, -0.15) is 0 Å². The molecule has 0 aliphatic rings. The lowest BCUT2D eigenvalue weighted by Gasteiger charge is -2.14. The molecule has 0 spiro atoms. The van der Waals surface area contributed by atoms with Gasteiger partial charge in [-0.1, -0.05) is 0 Å². The molecule has 0 saturated carbocycles. The van der Waals surface area contributed by atoms with Crippen molar-refractivity contribution in [2.75, 3.05) is 21.3 Å². The van der Waals surface area contributed by atoms with Gasteiger partial charge in [-0.15, -0.1) is 12.4 Å². The molecule has 0 fully saturated rings. The third-order valence-electron chi connectivity index (χ3n) is 3.24.